The summed E-state index contributed by atoms with van der Waals surface area (Å²) in [5.41, 5.74) is 1.41. The molecule has 8 heteroatoms. The van der Waals surface area contributed by atoms with E-state index in [1.807, 2.05) is 78.8 Å². The number of hydrogen-bond acceptors (Lipinski definition) is 6. The van der Waals surface area contributed by atoms with Crippen molar-refractivity contribution in [2.45, 2.75) is 65.3 Å². The number of para-hydroxylation sites is 2. The van der Waals surface area contributed by atoms with Gasteiger partial charge in [-0.2, -0.15) is 0 Å². The van der Waals surface area contributed by atoms with Crippen molar-refractivity contribution in [1.82, 2.24) is 15.3 Å². The highest BCUT2D eigenvalue weighted by Crippen LogP contribution is 2.38. The van der Waals surface area contributed by atoms with Crippen LogP contribution in [0.4, 0.5) is 4.79 Å². The molecule has 1 aromatic carbocycles. The second-order valence-electron chi connectivity index (χ2n) is 9.45. The molecule has 1 aliphatic heterocycles. The van der Waals surface area contributed by atoms with E-state index < -0.39 is 30.0 Å². The molecule has 0 aliphatic carbocycles. The van der Waals surface area contributed by atoms with Gasteiger partial charge >= 0.3 is 13.2 Å². The Kier molecular flexibility index (Phi) is 5.93. The largest absolute Gasteiger partial charge is 0.492 e. The first kappa shape index (κ1) is 22.2. The van der Waals surface area contributed by atoms with Crippen LogP contribution in [0, 0.1) is 0 Å². The molecule has 160 valence electrons. The van der Waals surface area contributed by atoms with E-state index >= 15 is 0 Å². The first-order valence-electron chi connectivity index (χ1n) is 10.1. The maximum absolute atomic E-state index is 12.2. The van der Waals surface area contributed by atoms with Crippen LogP contribution < -0.4 is 5.32 Å². The van der Waals surface area contributed by atoms with Gasteiger partial charge in [-0.05, 0) is 72.1 Å². The van der Waals surface area contributed by atoms with Gasteiger partial charge in [0.25, 0.3) is 0 Å². The smallest absolute Gasteiger partial charge is 0.444 e. The minimum Gasteiger partial charge on any atom is -0.444 e. The number of benzene rings is 1. The lowest BCUT2D eigenvalue weighted by atomic mass is 9.77. The molecule has 2 heterocycles. The fourth-order valence-corrected chi connectivity index (χ4v) is 2.92. The average molecular weight is 411 g/mol. The summed E-state index contributed by atoms with van der Waals surface area (Å²) in [7, 11) is -0.627. The number of aromatic nitrogens is 2. The van der Waals surface area contributed by atoms with Crippen LogP contribution in [0.5, 0.6) is 0 Å². The average Bonchev–Trinajstić information content (AvgIpc) is 2.84. The first-order chi connectivity index (χ1) is 13.9. The Morgan fingerprint density at radius 2 is 1.73 bits per heavy atom. The summed E-state index contributed by atoms with van der Waals surface area (Å²) in [6.45, 7) is 13.6. The summed E-state index contributed by atoms with van der Waals surface area (Å²) in [6, 6.07) is 7.67. The first-order valence-corrected chi connectivity index (χ1v) is 10.1. The molecule has 1 N–H and O–H groups in total. The minimum absolute atomic E-state index is 0.195. The summed E-state index contributed by atoms with van der Waals surface area (Å²) in [6.07, 6.45) is 3.04. The van der Waals surface area contributed by atoms with E-state index in [1.54, 1.807) is 6.20 Å². The van der Waals surface area contributed by atoms with Gasteiger partial charge in [0, 0.05) is 6.54 Å². The minimum atomic E-state index is -0.627. The molecular formula is C22H30BN3O4. The van der Waals surface area contributed by atoms with Gasteiger partial charge in [-0.15, -0.1) is 0 Å². The zero-order valence-corrected chi connectivity index (χ0v) is 18.8. The number of amides is 1. The predicted molar refractivity (Wildman–Crippen MR) is 118 cm³/mol. The van der Waals surface area contributed by atoms with E-state index in [1.165, 1.54) is 0 Å². The number of carbonyl (C=O) groups excluding carboxylic acids is 1. The van der Waals surface area contributed by atoms with Crippen LogP contribution in [0.3, 0.4) is 0 Å². The van der Waals surface area contributed by atoms with Gasteiger partial charge in [-0.25, -0.2) is 9.78 Å². The topological polar surface area (TPSA) is 82.6 Å². The molecule has 0 saturated carbocycles. The van der Waals surface area contributed by atoms with Crippen LogP contribution >= 0.6 is 0 Å². The van der Waals surface area contributed by atoms with Gasteiger partial charge in [0.05, 0.1) is 34.1 Å². The van der Waals surface area contributed by atoms with Crippen LogP contribution in [0.15, 0.2) is 35.9 Å². The molecule has 0 unspecified atom stereocenters. The Bertz CT molecular complexity index is 950. The Morgan fingerprint density at radius 3 is 2.33 bits per heavy atom. The quantitative estimate of drug-likeness (QED) is 0.761. The number of rotatable bonds is 4. The highest BCUT2D eigenvalue weighted by atomic mass is 16.7. The van der Waals surface area contributed by atoms with Crippen molar-refractivity contribution in [3.63, 3.8) is 0 Å². The lowest BCUT2D eigenvalue weighted by Crippen LogP contribution is -2.41. The third kappa shape index (κ3) is 5.18. The Labute approximate surface area is 178 Å². The Balaban J connectivity index is 1.88. The number of nitrogens with zero attached hydrogens (tertiary/aromatic N) is 2. The maximum Gasteiger partial charge on any atom is 0.492 e. The van der Waals surface area contributed by atoms with Gasteiger partial charge < -0.3 is 19.4 Å². The third-order valence-corrected chi connectivity index (χ3v) is 5.19. The lowest BCUT2D eigenvalue weighted by Gasteiger charge is -2.32. The van der Waals surface area contributed by atoms with Gasteiger partial charge in [-0.3, -0.25) is 4.98 Å². The van der Waals surface area contributed by atoms with Gasteiger partial charge in [0.2, 0.25) is 0 Å². The summed E-state index contributed by atoms with van der Waals surface area (Å²) in [4.78, 5) is 21.3. The number of nitrogens with one attached hydrogen (secondary N) is 1. The molecule has 1 aliphatic rings. The van der Waals surface area contributed by atoms with Crippen molar-refractivity contribution in [3.8, 4) is 0 Å². The molecule has 2 aromatic rings. The lowest BCUT2D eigenvalue weighted by molar-refractivity contribution is 0.00578. The fourth-order valence-electron chi connectivity index (χ4n) is 2.92. The molecule has 0 bridgehead atoms. The maximum atomic E-state index is 12.2. The fraction of sp³-hybridized carbons (Fsp3) is 0.500. The normalized spacial score (nSPS) is 18.5. The van der Waals surface area contributed by atoms with Crippen molar-refractivity contribution in [1.29, 1.82) is 0 Å². The van der Waals surface area contributed by atoms with Gasteiger partial charge in [0.1, 0.15) is 5.60 Å². The van der Waals surface area contributed by atoms with Gasteiger partial charge in [-0.1, -0.05) is 12.1 Å². The van der Waals surface area contributed by atoms with Crippen molar-refractivity contribution < 1.29 is 18.8 Å². The second-order valence-corrected chi connectivity index (χ2v) is 9.45. The van der Waals surface area contributed by atoms with E-state index in [0.717, 1.165) is 16.5 Å². The summed E-state index contributed by atoms with van der Waals surface area (Å²) < 4.78 is 17.7. The van der Waals surface area contributed by atoms with Crippen LogP contribution in [0.1, 0.15) is 54.2 Å². The zero-order valence-electron chi connectivity index (χ0n) is 18.8. The van der Waals surface area contributed by atoms with Crippen molar-refractivity contribution in [2.24, 2.45) is 0 Å². The monoisotopic (exact) mass is 411 g/mol. The number of fused-ring (bicyclic) bond motifs is 1. The van der Waals surface area contributed by atoms with Crippen LogP contribution in [0.25, 0.3) is 17.1 Å². The predicted octanol–water partition coefficient (Wildman–Crippen LogP) is 4.17. The Morgan fingerprint density at radius 1 is 1.13 bits per heavy atom. The number of ether oxygens (including phenoxy) is 1. The molecule has 0 radical (unpaired) electrons. The Hall–Kier alpha value is -2.45. The standard InChI is InChI=1S/C22H30BN3O4/c1-20(2,3)28-19(27)25-13-15(23-29-21(4,5)22(6,7)30-23)12-16-14-24-17-10-8-9-11-18(17)26-16/h8-12,14H,13H2,1-7H3,(H,25,27). The van der Waals surface area contributed by atoms with Gasteiger partial charge in [0.15, 0.2) is 0 Å². The third-order valence-electron chi connectivity index (χ3n) is 5.19. The van der Waals surface area contributed by atoms with E-state index in [2.05, 4.69) is 15.3 Å². The number of carbonyl (C=O) groups is 1. The summed E-state index contributed by atoms with van der Waals surface area (Å²) in [5, 5.41) is 2.79. The van der Waals surface area contributed by atoms with E-state index in [9.17, 15) is 4.79 Å². The van der Waals surface area contributed by atoms with Crippen molar-refractivity contribution >= 4 is 30.3 Å². The molecule has 0 spiro atoms. The highest BCUT2D eigenvalue weighted by molar-refractivity contribution is 6.56. The van der Waals surface area contributed by atoms with Crippen LogP contribution in [-0.2, 0) is 14.0 Å². The SMILES string of the molecule is CC(C)(C)OC(=O)NCC(=Cc1cnc2ccccc2n1)B1OC(C)(C)C(C)(C)O1. The van der Waals surface area contributed by atoms with Crippen molar-refractivity contribution in [2.75, 3.05) is 6.54 Å². The molecule has 30 heavy (non-hydrogen) atoms. The molecule has 3 rings (SSSR count). The van der Waals surface area contributed by atoms with Crippen molar-refractivity contribution in [3.05, 3.63) is 41.6 Å². The molecule has 1 fully saturated rings. The highest BCUT2D eigenvalue weighted by Gasteiger charge is 2.52. The van der Waals surface area contributed by atoms with Crippen LogP contribution in [0.2, 0.25) is 0 Å². The molecule has 7 nitrogen and oxygen atoms in total. The summed E-state index contributed by atoms with van der Waals surface area (Å²) in [5.74, 6) is 0. The summed E-state index contributed by atoms with van der Waals surface area (Å²) >= 11 is 0. The molecule has 0 atom stereocenters. The molecular weight excluding hydrogens is 381 g/mol. The molecule has 1 amide bonds. The molecule has 1 aromatic heterocycles. The van der Waals surface area contributed by atoms with Crippen LogP contribution in [-0.4, -0.2) is 46.5 Å². The number of alkyl carbamates (subject to hydrolysis) is 1. The van der Waals surface area contributed by atoms with E-state index in [0.29, 0.717) is 5.69 Å². The number of hydrogen-bond donors (Lipinski definition) is 1. The van der Waals surface area contributed by atoms with E-state index in [-0.39, 0.29) is 6.54 Å². The van der Waals surface area contributed by atoms with E-state index in [4.69, 9.17) is 14.0 Å². The molecule has 1 saturated heterocycles. The second kappa shape index (κ2) is 8.00. The zero-order chi connectivity index (χ0) is 22.2.